The maximum atomic E-state index is 13.4. The van der Waals surface area contributed by atoms with Crippen LogP contribution in [0.4, 0.5) is 4.39 Å². The molecule has 114 valence electrons. The third-order valence-electron chi connectivity index (χ3n) is 3.07. The predicted octanol–water partition coefficient (Wildman–Crippen LogP) is 3.92. The Balaban J connectivity index is 2.26. The predicted molar refractivity (Wildman–Crippen MR) is 84.1 cm³/mol. The average molecular weight is 356 g/mol. The molecule has 1 heterocycles. The number of hydrogen-bond acceptors (Lipinski definition) is 3. The summed E-state index contributed by atoms with van der Waals surface area (Å²) < 4.78 is 21.6. The minimum Gasteiger partial charge on any atom is -0.439 e. The van der Waals surface area contributed by atoms with Gasteiger partial charge in [0, 0.05) is 24.1 Å². The van der Waals surface area contributed by atoms with Gasteiger partial charge >= 0.3 is 0 Å². The van der Waals surface area contributed by atoms with Crippen LogP contribution in [0.2, 0.25) is 0 Å². The van der Waals surface area contributed by atoms with Crippen LogP contribution >= 0.6 is 15.9 Å². The van der Waals surface area contributed by atoms with Gasteiger partial charge in [0.1, 0.15) is 11.6 Å². The second kappa shape index (κ2) is 7.04. The quantitative estimate of drug-likeness (QED) is 0.798. The van der Waals surface area contributed by atoms with Crippen LogP contribution in [0.3, 0.4) is 0 Å². The number of nitrogens with zero attached hydrogens (tertiary/aromatic N) is 2. The second-order valence-electron chi connectivity index (χ2n) is 4.88. The zero-order chi connectivity index (χ0) is 15.4. The van der Waals surface area contributed by atoms with Crippen LogP contribution in [0.5, 0.6) is 11.6 Å². The Hall–Kier alpha value is -1.40. The summed E-state index contributed by atoms with van der Waals surface area (Å²) in [6.45, 7) is 5.67. The normalized spacial score (nSPS) is 10.9. The molecule has 2 aromatic rings. The molecule has 0 saturated carbocycles. The van der Waals surface area contributed by atoms with Crippen molar-refractivity contribution in [3.05, 3.63) is 39.7 Å². The van der Waals surface area contributed by atoms with E-state index in [1.807, 2.05) is 14.0 Å². The summed E-state index contributed by atoms with van der Waals surface area (Å²) in [4.78, 5) is 0. The molecule has 0 aliphatic rings. The average Bonchev–Trinajstić information content (AvgIpc) is 2.64. The van der Waals surface area contributed by atoms with Crippen molar-refractivity contribution in [3.8, 4) is 11.6 Å². The molecule has 2 rings (SSSR count). The summed E-state index contributed by atoms with van der Waals surface area (Å²) in [5.74, 6) is 0.735. The molecule has 0 atom stereocenters. The number of aromatic nitrogens is 2. The largest absolute Gasteiger partial charge is 0.439 e. The van der Waals surface area contributed by atoms with E-state index >= 15 is 0 Å². The van der Waals surface area contributed by atoms with Crippen molar-refractivity contribution < 1.29 is 9.13 Å². The minimum absolute atomic E-state index is 0.344. The Morgan fingerprint density at radius 3 is 2.81 bits per heavy atom. The van der Waals surface area contributed by atoms with Gasteiger partial charge in [0.05, 0.1) is 11.3 Å². The standard InChI is InChI=1S/C15H19BrFN3O/c1-4-5-18-9-14-10(2)19-20(3)15(14)21-13-7-11(16)6-12(17)8-13/h6-8,18H,4-5,9H2,1-3H3. The zero-order valence-electron chi connectivity index (χ0n) is 12.4. The first kappa shape index (κ1) is 16.0. The van der Waals surface area contributed by atoms with Crippen LogP contribution in [0, 0.1) is 12.7 Å². The SMILES string of the molecule is CCCNCc1c(C)nn(C)c1Oc1cc(F)cc(Br)c1. The van der Waals surface area contributed by atoms with Gasteiger partial charge in [-0.1, -0.05) is 22.9 Å². The monoisotopic (exact) mass is 355 g/mol. The fourth-order valence-corrected chi connectivity index (χ4v) is 2.55. The molecule has 0 bridgehead atoms. The molecule has 0 spiro atoms. The van der Waals surface area contributed by atoms with Gasteiger partial charge in [0.25, 0.3) is 0 Å². The Morgan fingerprint density at radius 1 is 1.38 bits per heavy atom. The third kappa shape index (κ3) is 4.04. The minimum atomic E-state index is -0.344. The van der Waals surface area contributed by atoms with Gasteiger partial charge in [0.15, 0.2) is 0 Å². The lowest BCUT2D eigenvalue weighted by Gasteiger charge is -2.10. The van der Waals surface area contributed by atoms with E-state index in [1.54, 1.807) is 10.7 Å². The zero-order valence-corrected chi connectivity index (χ0v) is 14.0. The highest BCUT2D eigenvalue weighted by atomic mass is 79.9. The molecule has 0 fully saturated rings. The van der Waals surface area contributed by atoms with Crippen LogP contribution in [0.1, 0.15) is 24.6 Å². The van der Waals surface area contributed by atoms with Crippen molar-refractivity contribution in [2.24, 2.45) is 7.05 Å². The lowest BCUT2D eigenvalue weighted by atomic mass is 10.2. The molecule has 0 aliphatic heterocycles. The fourth-order valence-electron chi connectivity index (χ4n) is 2.10. The lowest BCUT2D eigenvalue weighted by Crippen LogP contribution is -2.14. The van der Waals surface area contributed by atoms with Crippen LogP contribution in [0.25, 0.3) is 0 Å². The van der Waals surface area contributed by atoms with Crippen molar-refractivity contribution in [3.63, 3.8) is 0 Å². The Bertz CT molecular complexity index is 607. The van der Waals surface area contributed by atoms with Crippen molar-refractivity contribution in [2.45, 2.75) is 26.8 Å². The molecule has 1 aromatic heterocycles. The van der Waals surface area contributed by atoms with Crippen molar-refractivity contribution in [1.29, 1.82) is 0 Å². The number of rotatable bonds is 6. The first-order valence-electron chi connectivity index (χ1n) is 6.88. The molecular formula is C15H19BrFN3O. The molecule has 0 saturated heterocycles. The summed E-state index contributed by atoms with van der Waals surface area (Å²) in [6, 6.07) is 4.48. The molecule has 21 heavy (non-hydrogen) atoms. The summed E-state index contributed by atoms with van der Waals surface area (Å²) in [5.41, 5.74) is 1.90. The third-order valence-corrected chi connectivity index (χ3v) is 3.53. The Labute approximate surface area is 132 Å². The van der Waals surface area contributed by atoms with E-state index in [1.165, 1.54) is 12.1 Å². The maximum absolute atomic E-state index is 13.4. The fraction of sp³-hybridized carbons (Fsp3) is 0.400. The van der Waals surface area contributed by atoms with Gasteiger partial charge in [0.2, 0.25) is 5.88 Å². The van der Waals surface area contributed by atoms with E-state index in [-0.39, 0.29) is 5.82 Å². The van der Waals surface area contributed by atoms with Gasteiger partial charge in [-0.25, -0.2) is 9.07 Å². The highest BCUT2D eigenvalue weighted by molar-refractivity contribution is 9.10. The summed E-state index contributed by atoms with van der Waals surface area (Å²) in [6.07, 6.45) is 1.06. The molecule has 0 amide bonds. The number of benzene rings is 1. The first-order valence-corrected chi connectivity index (χ1v) is 7.67. The van der Waals surface area contributed by atoms with E-state index in [0.29, 0.717) is 22.6 Å². The molecule has 4 nitrogen and oxygen atoms in total. The van der Waals surface area contributed by atoms with Crippen LogP contribution < -0.4 is 10.1 Å². The summed E-state index contributed by atoms with van der Waals surface area (Å²) in [5, 5.41) is 7.71. The van der Waals surface area contributed by atoms with Gasteiger partial charge in [-0.05, 0) is 32.0 Å². The van der Waals surface area contributed by atoms with Crippen molar-refractivity contribution in [1.82, 2.24) is 15.1 Å². The molecule has 6 heteroatoms. The summed E-state index contributed by atoms with van der Waals surface area (Å²) >= 11 is 3.27. The lowest BCUT2D eigenvalue weighted by molar-refractivity contribution is 0.420. The maximum Gasteiger partial charge on any atom is 0.222 e. The molecule has 1 N–H and O–H groups in total. The van der Waals surface area contributed by atoms with E-state index in [2.05, 4.69) is 33.3 Å². The number of aryl methyl sites for hydroxylation is 2. The van der Waals surface area contributed by atoms with E-state index in [9.17, 15) is 4.39 Å². The van der Waals surface area contributed by atoms with Crippen LogP contribution in [0.15, 0.2) is 22.7 Å². The number of nitrogens with one attached hydrogen (secondary N) is 1. The summed E-state index contributed by atoms with van der Waals surface area (Å²) in [7, 11) is 1.82. The van der Waals surface area contributed by atoms with Gasteiger partial charge in [-0.15, -0.1) is 0 Å². The molecular weight excluding hydrogens is 337 g/mol. The second-order valence-corrected chi connectivity index (χ2v) is 5.79. The van der Waals surface area contributed by atoms with Crippen LogP contribution in [-0.2, 0) is 13.6 Å². The van der Waals surface area contributed by atoms with Crippen LogP contribution in [-0.4, -0.2) is 16.3 Å². The number of halogens is 2. The highest BCUT2D eigenvalue weighted by Gasteiger charge is 2.15. The number of ether oxygens (including phenoxy) is 1. The van der Waals surface area contributed by atoms with Gasteiger partial charge < -0.3 is 10.1 Å². The Kier molecular flexibility index (Phi) is 5.36. The van der Waals surface area contributed by atoms with E-state index in [4.69, 9.17) is 4.74 Å². The highest BCUT2D eigenvalue weighted by Crippen LogP contribution is 2.29. The van der Waals surface area contributed by atoms with Crippen molar-refractivity contribution >= 4 is 15.9 Å². The molecule has 1 aromatic carbocycles. The van der Waals surface area contributed by atoms with E-state index < -0.39 is 0 Å². The number of hydrogen-bond donors (Lipinski definition) is 1. The Morgan fingerprint density at radius 2 is 2.14 bits per heavy atom. The van der Waals surface area contributed by atoms with E-state index in [0.717, 1.165) is 24.2 Å². The molecule has 0 aliphatic carbocycles. The van der Waals surface area contributed by atoms with Gasteiger partial charge in [-0.2, -0.15) is 5.10 Å². The smallest absolute Gasteiger partial charge is 0.222 e. The molecule has 0 radical (unpaired) electrons. The molecule has 0 unspecified atom stereocenters. The first-order chi connectivity index (χ1) is 10.0. The topological polar surface area (TPSA) is 39.1 Å². The van der Waals surface area contributed by atoms with Crippen molar-refractivity contribution in [2.75, 3.05) is 6.54 Å². The van der Waals surface area contributed by atoms with Gasteiger partial charge in [-0.3, -0.25) is 0 Å².